The van der Waals surface area contributed by atoms with Crippen molar-refractivity contribution < 1.29 is 18.7 Å². The zero-order valence-electron chi connectivity index (χ0n) is 12.9. The van der Waals surface area contributed by atoms with E-state index < -0.39 is 5.97 Å². The second-order valence-corrected chi connectivity index (χ2v) is 5.26. The first kappa shape index (κ1) is 15.8. The van der Waals surface area contributed by atoms with Crippen LogP contribution in [0.5, 0.6) is 0 Å². The fourth-order valence-electron chi connectivity index (χ4n) is 2.11. The quantitative estimate of drug-likeness (QED) is 0.858. The number of para-hydroxylation sites is 1. The minimum absolute atomic E-state index is 0.285. The van der Waals surface area contributed by atoms with E-state index in [9.17, 15) is 9.59 Å². The van der Waals surface area contributed by atoms with Crippen LogP contribution in [0.1, 0.15) is 41.4 Å². The van der Waals surface area contributed by atoms with Crippen molar-refractivity contribution in [3.8, 4) is 0 Å². The van der Waals surface area contributed by atoms with Gasteiger partial charge in [-0.1, -0.05) is 32.0 Å². The Morgan fingerprint density at radius 1 is 1.23 bits per heavy atom. The Morgan fingerprint density at radius 2 is 1.95 bits per heavy atom. The Labute approximate surface area is 129 Å². The molecule has 0 aliphatic rings. The second-order valence-electron chi connectivity index (χ2n) is 5.26. The highest BCUT2D eigenvalue weighted by atomic mass is 16.5. The number of nitrogens with one attached hydrogen (secondary N) is 1. The molecule has 0 fully saturated rings. The van der Waals surface area contributed by atoms with E-state index in [2.05, 4.69) is 5.32 Å². The van der Waals surface area contributed by atoms with Crippen LogP contribution in [0.15, 0.2) is 41.0 Å². The fraction of sp³-hybridized carbons (Fsp3) is 0.294. The van der Waals surface area contributed by atoms with Gasteiger partial charge in [-0.25, -0.2) is 4.79 Å². The van der Waals surface area contributed by atoms with Gasteiger partial charge in [-0.05, 0) is 30.5 Å². The Bertz CT molecular complexity index is 673. The number of carbonyl (C=O) groups excluding carboxylic acids is 2. The van der Waals surface area contributed by atoms with Crippen molar-refractivity contribution in [3.05, 3.63) is 53.5 Å². The number of aryl methyl sites for hydroxylation is 1. The SMILES string of the molecule is Cc1occc1C(=O)OCC(=O)Nc1ccccc1C(C)C. The normalized spacial score (nSPS) is 10.5. The number of ether oxygens (including phenoxy) is 1. The summed E-state index contributed by atoms with van der Waals surface area (Å²) in [6.45, 7) is 5.42. The van der Waals surface area contributed by atoms with Crippen LogP contribution in [0.2, 0.25) is 0 Å². The molecule has 1 aromatic heterocycles. The van der Waals surface area contributed by atoms with Gasteiger partial charge in [0.2, 0.25) is 0 Å². The number of hydrogen-bond donors (Lipinski definition) is 1. The van der Waals surface area contributed by atoms with E-state index >= 15 is 0 Å². The van der Waals surface area contributed by atoms with Crippen LogP contribution in [-0.4, -0.2) is 18.5 Å². The van der Waals surface area contributed by atoms with Gasteiger partial charge in [0.05, 0.1) is 6.26 Å². The van der Waals surface area contributed by atoms with Gasteiger partial charge in [0.1, 0.15) is 11.3 Å². The average molecular weight is 301 g/mol. The minimum atomic E-state index is -0.571. The summed E-state index contributed by atoms with van der Waals surface area (Å²) in [7, 11) is 0. The molecule has 0 atom stereocenters. The van der Waals surface area contributed by atoms with Crippen molar-refractivity contribution in [2.24, 2.45) is 0 Å². The molecule has 2 rings (SSSR count). The smallest absolute Gasteiger partial charge is 0.342 e. The maximum atomic E-state index is 11.9. The van der Waals surface area contributed by atoms with Crippen molar-refractivity contribution >= 4 is 17.6 Å². The lowest BCUT2D eigenvalue weighted by molar-refractivity contribution is -0.119. The molecular weight excluding hydrogens is 282 g/mol. The number of carbonyl (C=O) groups is 2. The number of amides is 1. The summed E-state index contributed by atoms with van der Waals surface area (Å²) < 4.78 is 10.0. The third kappa shape index (κ3) is 3.75. The fourth-order valence-corrected chi connectivity index (χ4v) is 2.11. The largest absolute Gasteiger partial charge is 0.469 e. The van der Waals surface area contributed by atoms with Gasteiger partial charge >= 0.3 is 5.97 Å². The topological polar surface area (TPSA) is 68.5 Å². The Balaban J connectivity index is 1.94. The summed E-state index contributed by atoms with van der Waals surface area (Å²) in [5.41, 5.74) is 2.10. The molecule has 0 saturated heterocycles. The maximum Gasteiger partial charge on any atom is 0.342 e. The molecule has 0 unspecified atom stereocenters. The molecule has 5 nitrogen and oxygen atoms in total. The molecule has 116 valence electrons. The average Bonchev–Trinajstić information content (AvgIpc) is 2.91. The van der Waals surface area contributed by atoms with Crippen molar-refractivity contribution in [3.63, 3.8) is 0 Å². The van der Waals surface area contributed by atoms with E-state index in [1.54, 1.807) is 6.92 Å². The summed E-state index contributed by atoms with van der Waals surface area (Å²) in [5, 5.41) is 2.77. The van der Waals surface area contributed by atoms with Gasteiger partial charge < -0.3 is 14.5 Å². The molecule has 1 aromatic carbocycles. The molecule has 0 radical (unpaired) electrons. The highest BCUT2D eigenvalue weighted by Crippen LogP contribution is 2.23. The lowest BCUT2D eigenvalue weighted by Gasteiger charge is -2.13. The lowest BCUT2D eigenvalue weighted by atomic mass is 10.0. The third-order valence-electron chi connectivity index (χ3n) is 3.27. The van der Waals surface area contributed by atoms with Crippen molar-refractivity contribution in [1.82, 2.24) is 0 Å². The number of furan rings is 1. The first-order chi connectivity index (χ1) is 10.5. The molecule has 2 aromatic rings. The van der Waals surface area contributed by atoms with Gasteiger partial charge in [0.15, 0.2) is 6.61 Å². The summed E-state index contributed by atoms with van der Waals surface area (Å²) >= 11 is 0. The van der Waals surface area contributed by atoms with Gasteiger partial charge in [-0.2, -0.15) is 0 Å². The predicted octanol–water partition coefficient (Wildman–Crippen LogP) is 3.51. The van der Waals surface area contributed by atoms with Gasteiger partial charge in [-0.15, -0.1) is 0 Å². The van der Waals surface area contributed by atoms with Crippen LogP contribution in [-0.2, 0) is 9.53 Å². The maximum absolute atomic E-state index is 11.9. The zero-order valence-corrected chi connectivity index (χ0v) is 12.9. The third-order valence-corrected chi connectivity index (χ3v) is 3.27. The Hall–Kier alpha value is -2.56. The van der Waals surface area contributed by atoms with E-state index in [4.69, 9.17) is 9.15 Å². The van der Waals surface area contributed by atoms with Gasteiger partial charge in [-0.3, -0.25) is 4.79 Å². The van der Waals surface area contributed by atoms with Crippen LogP contribution < -0.4 is 5.32 Å². The van der Waals surface area contributed by atoms with E-state index in [1.165, 1.54) is 12.3 Å². The van der Waals surface area contributed by atoms with E-state index in [0.29, 0.717) is 11.3 Å². The summed E-state index contributed by atoms with van der Waals surface area (Å²) in [4.78, 5) is 23.7. The molecule has 0 aliphatic carbocycles. The summed E-state index contributed by atoms with van der Waals surface area (Å²) in [6, 6.07) is 9.08. The number of hydrogen-bond acceptors (Lipinski definition) is 4. The Morgan fingerprint density at radius 3 is 2.59 bits per heavy atom. The number of esters is 1. The molecule has 0 aliphatic heterocycles. The minimum Gasteiger partial charge on any atom is -0.469 e. The predicted molar refractivity (Wildman–Crippen MR) is 82.9 cm³/mol. The van der Waals surface area contributed by atoms with E-state index in [1.807, 2.05) is 38.1 Å². The molecule has 5 heteroatoms. The molecule has 22 heavy (non-hydrogen) atoms. The molecule has 0 spiro atoms. The molecule has 1 N–H and O–H groups in total. The second kappa shape index (κ2) is 6.93. The van der Waals surface area contributed by atoms with Crippen LogP contribution in [0.4, 0.5) is 5.69 Å². The molecule has 0 saturated carbocycles. The standard InChI is InChI=1S/C17H19NO4/c1-11(2)13-6-4-5-7-15(13)18-16(19)10-22-17(20)14-8-9-21-12(14)3/h4-9,11H,10H2,1-3H3,(H,18,19). The van der Waals surface area contributed by atoms with Gasteiger partial charge in [0, 0.05) is 5.69 Å². The van der Waals surface area contributed by atoms with Crippen molar-refractivity contribution in [2.45, 2.75) is 26.7 Å². The van der Waals surface area contributed by atoms with Gasteiger partial charge in [0.25, 0.3) is 5.91 Å². The number of benzene rings is 1. The van der Waals surface area contributed by atoms with Crippen molar-refractivity contribution in [2.75, 3.05) is 11.9 Å². The first-order valence-electron chi connectivity index (χ1n) is 7.09. The van der Waals surface area contributed by atoms with Crippen molar-refractivity contribution in [1.29, 1.82) is 0 Å². The van der Waals surface area contributed by atoms with Crippen LogP contribution in [0.3, 0.4) is 0 Å². The Kier molecular flexibility index (Phi) is 4.99. The molecule has 1 amide bonds. The number of anilines is 1. The van der Waals surface area contributed by atoms with Crippen LogP contribution in [0.25, 0.3) is 0 Å². The number of rotatable bonds is 5. The highest BCUT2D eigenvalue weighted by molar-refractivity contribution is 5.96. The summed E-state index contributed by atoms with van der Waals surface area (Å²) in [5.74, 6) is -0.190. The monoisotopic (exact) mass is 301 g/mol. The molecular formula is C17H19NO4. The molecule has 0 bridgehead atoms. The zero-order chi connectivity index (χ0) is 16.1. The first-order valence-corrected chi connectivity index (χ1v) is 7.09. The highest BCUT2D eigenvalue weighted by Gasteiger charge is 2.15. The van der Waals surface area contributed by atoms with E-state index in [0.717, 1.165) is 11.3 Å². The molecule has 1 heterocycles. The summed E-state index contributed by atoms with van der Waals surface area (Å²) in [6.07, 6.45) is 1.41. The van der Waals surface area contributed by atoms with E-state index in [-0.39, 0.29) is 18.4 Å². The lowest BCUT2D eigenvalue weighted by Crippen LogP contribution is -2.21. The van der Waals surface area contributed by atoms with Crippen LogP contribution >= 0.6 is 0 Å². The van der Waals surface area contributed by atoms with Crippen LogP contribution in [0, 0.1) is 6.92 Å².